The lowest BCUT2D eigenvalue weighted by atomic mass is 10.1. The molecule has 1 fully saturated rings. The molecule has 2 rings (SSSR count). The van der Waals surface area contributed by atoms with Gasteiger partial charge in [0.05, 0.1) is 0 Å². The Morgan fingerprint density at radius 2 is 1.88 bits per heavy atom. The molecule has 1 aliphatic rings. The van der Waals surface area contributed by atoms with Crippen LogP contribution in [0.2, 0.25) is 0 Å². The van der Waals surface area contributed by atoms with Crippen LogP contribution in [-0.2, 0) is 11.3 Å². The Morgan fingerprint density at radius 3 is 2.38 bits per heavy atom. The summed E-state index contributed by atoms with van der Waals surface area (Å²) in [6, 6.07) is 7.97. The maximum atomic E-state index is 12.9. The van der Waals surface area contributed by atoms with E-state index < -0.39 is 0 Å². The van der Waals surface area contributed by atoms with Gasteiger partial charge in [0.15, 0.2) is 0 Å². The Hall–Kier alpha value is -1.59. The molecular weight excluding hydrogens is 350 g/mol. The van der Waals surface area contributed by atoms with Crippen molar-refractivity contribution in [3.8, 4) is 0 Å². The summed E-state index contributed by atoms with van der Waals surface area (Å²) in [5, 5.41) is 3.34. The molecular formula is C20H32ClN3O2. The highest BCUT2D eigenvalue weighted by Crippen LogP contribution is 2.16. The molecule has 0 aromatic heterocycles. The Kier molecular flexibility index (Phi) is 9.09. The second-order valence-electron chi connectivity index (χ2n) is 7.19. The van der Waals surface area contributed by atoms with Crippen molar-refractivity contribution in [2.24, 2.45) is 5.92 Å². The zero-order valence-corrected chi connectivity index (χ0v) is 17.1. The van der Waals surface area contributed by atoms with Gasteiger partial charge in [-0.05, 0) is 37.1 Å². The van der Waals surface area contributed by atoms with Crippen molar-refractivity contribution in [2.45, 2.75) is 46.2 Å². The van der Waals surface area contributed by atoms with E-state index in [0.717, 1.165) is 43.6 Å². The monoisotopic (exact) mass is 381 g/mol. The Morgan fingerprint density at radius 1 is 1.23 bits per heavy atom. The summed E-state index contributed by atoms with van der Waals surface area (Å²) in [7, 11) is 1.82. The summed E-state index contributed by atoms with van der Waals surface area (Å²) in [4.78, 5) is 28.6. The van der Waals surface area contributed by atoms with Gasteiger partial charge in [0.1, 0.15) is 0 Å². The van der Waals surface area contributed by atoms with Gasteiger partial charge >= 0.3 is 0 Å². The van der Waals surface area contributed by atoms with Crippen molar-refractivity contribution in [1.82, 2.24) is 15.1 Å². The van der Waals surface area contributed by atoms with Crippen molar-refractivity contribution in [1.29, 1.82) is 0 Å². The van der Waals surface area contributed by atoms with Crippen molar-refractivity contribution in [3.05, 3.63) is 35.4 Å². The molecule has 0 aliphatic carbocycles. The molecule has 26 heavy (non-hydrogen) atoms. The molecule has 0 radical (unpaired) electrons. The first-order chi connectivity index (χ1) is 11.9. The summed E-state index contributed by atoms with van der Waals surface area (Å²) in [5.74, 6) is 0.227. The molecule has 5 nitrogen and oxygen atoms in total. The van der Waals surface area contributed by atoms with E-state index in [1.54, 1.807) is 4.90 Å². The van der Waals surface area contributed by atoms with Gasteiger partial charge in [0.25, 0.3) is 5.91 Å². The van der Waals surface area contributed by atoms with Crippen LogP contribution in [0.15, 0.2) is 24.3 Å². The second-order valence-corrected chi connectivity index (χ2v) is 7.19. The van der Waals surface area contributed by atoms with E-state index in [1.807, 2.05) is 50.1 Å². The van der Waals surface area contributed by atoms with E-state index >= 15 is 0 Å². The van der Waals surface area contributed by atoms with Crippen LogP contribution in [0.3, 0.4) is 0 Å². The third kappa shape index (κ3) is 5.71. The lowest BCUT2D eigenvalue weighted by Crippen LogP contribution is -2.42. The number of hydrogen-bond donors (Lipinski definition) is 1. The van der Waals surface area contributed by atoms with Crippen molar-refractivity contribution in [2.75, 3.05) is 26.7 Å². The summed E-state index contributed by atoms with van der Waals surface area (Å²) >= 11 is 0. The number of carbonyl (C=O) groups excluding carboxylic acids is 2. The number of benzene rings is 1. The van der Waals surface area contributed by atoms with Crippen LogP contribution in [0, 0.1) is 5.92 Å². The Bertz CT molecular complexity index is 583. The molecule has 1 atom stereocenters. The van der Waals surface area contributed by atoms with Crippen molar-refractivity contribution in [3.63, 3.8) is 0 Å². The fourth-order valence-corrected chi connectivity index (χ4v) is 3.31. The predicted octanol–water partition coefficient (Wildman–Crippen LogP) is 2.94. The maximum Gasteiger partial charge on any atom is 0.254 e. The van der Waals surface area contributed by atoms with Crippen LogP contribution in [0.5, 0.6) is 0 Å². The Labute approximate surface area is 163 Å². The number of halogens is 1. The van der Waals surface area contributed by atoms with Gasteiger partial charge in [0, 0.05) is 44.2 Å². The summed E-state index contributed by atoms with van der Waals surface area (Å²) in [6.45, 7) is 9.13. The molecule has 0 saturated carbocycles. The van der Waals surface area contributed by atoms with E-state index in [9.17, 15) is 9.59 Å². The molecule has 0 bridgehead atoms. The van der Waals surface area contributed by atoms with E-state index in [4.69, 9.17) is 0 Å². The molecule has 0 spiro atoms. The van der Waals surface area contributed by atoms with Gasteiger partial charge in [-0.3, -0.25) is 9.59 Å². The van der Waals surface area contributed by atoms with Gasteiger partial charge in [0.2, 0.25) is 5.91 Å². The molecule has 1 N–H and O–H groups in total. The van der Waals surface area contributed by atoms with E-state index in [1.165, 1.54) is 0 Å². The number of carbonyl (C=O) groups is 2. The second kappa shape index (κ2) is 10.5. The molecule has 1 aliphatic heterocycles. The van der Waals surface area contributed by atoms with Crippen LogP contribution in [0.1, 0.15) is 49.5 Å². The lowest BCUT2D eigenvalue weighted by Gasteiger charge is -2.28. The highest BCUT2D eigenvalue weighted by Gasteiger charge is 2.26. The first-order valence-corrected chi connectivity index (χ1v) is 9.29. The zero-order valence-electron chi connectivity index (χ0n) is 16.3. The minimum absolute atomic E-state index is 0. The van der Waals surface area contributed by atoms with Crippen LogP contribution in [0.25, 0.3) is 0 Å². The van der Waals surface area contributed by atoms with Crippen LogP contribution in [-0.4, -0.2) is 54.3 Å². The number of rotatable bonds is 7. The topological polar surface area (TPSA) is 52.7 Å². The van der Waals surface area contributed by atoms with Gasteiger partial charge < -0.3 is 15.1 Å². The summed E-state index contributed by atoms with van der Waals surface area (Å²) in [6.07, 6.45) is 1.98. The van der Waals surface area contributed by atoms with Gasteiger partial charge in [-0.15, -0.1) is 12.4 Å². The fourth-order valence-electron chi connectivity index (χ4n) is 3.31. The average Bonchev–Trinajstić information content (AvgIpc) is 3.13. The summed E-state index contributed by atoms with van der Waals surface area (Å²) in [5.41, 5.74) is 1.76. The minimum Gasteiger partial charge on any atom is -0.341 e. The molecule has 146 valence electrons. The molecule has 6 heteroatoms. The third-order valence-corrected chi connectivity index (χ3v) is 4.69. The maximum absolute atomic E-state index is 12.9. The number of nitrogens with zero attached hydrogens (tertiary/aromatic N) is 2. The number of hydrogen-bond acceptors (Lipinski definition) is 3. The smallest absolute Gasteiger partial charge is 0.254 e. The highest BCUT2D eigenvalue weighted by atomic mass is 35.5. The van der Waals surface area contributed by atoms with Crippen molar-refractivity contribution >= 4 is 24.2 Å². The quantitative estimate of drug-likeness (QED) is 0.790. The fraction of sp³-hybridized carbons (Fsp3) is 0.600. The number of nitrogens with one attached hydrogen (secondary N) is 1. The highest BCUT2D eigenvalue weighted by molar-refractivity contribution is 5.94. The molecule has 1 aromatic rings. The van der Waals surface area contributed by atoms with E-state index in [0.29, 0.717) is 12.6 Å². The zero-order chi connectivity index (χ0) is 18.4. The van der Waals surface area contributed by atoms with Gasteiger partial charge in [-0.25, -0.2) is 0 Å². The summed E-state index contributed by atoms with van der Waals surface area (Å²) < 4.78 is 0. The van der Waals surface area contributed by atoms with Crippen LogP contribution < -0.4 is 5.32 Å². The lowest BCUT2D eigenvalue weighted by molar-refractivity contribution is -0.133. The molecule has 1 aromatic carbocycles. The van der Waals surface area contributed by atoms with Gasteiger partial charge in [-0.1, -0.05) is 32.9 Å². The first kappa shape index (κ1) is 22.5. The molecule has 1 heterocycles. The average molecular weight is 382 g/mol. The first-order valence-electron chi connectivity index (χ1n) is 9.29. The molecule has 1 unspecified atom stereocenters. The van der Waals surface area contributed by atoms with E-state index in [-0.39, 0.29) is 30.1 Å². The SMILES string of the molecule is CCCN(C(=O)c1ccc(CN(C)C(=O)C(C)C)cc1)C1CCNC1.Cl. The Balaban J connectivity index is 0.00000338. The van der Waals surface area contributed by atoms with Crippen molar-refractivity contribution < 1.29 is 9.59 Å². The number of amides is 2. The van der Waals surface area contributed by atoms with Crippen LogP contribution >= 0.6 is 12.4 Å². The minimum atomic E-state index is -0.00604. The third-order valence-electron chi connectivity index (χ3n) is 4.69. The standard InChI is InChI=1S/C20H31N3O2.ClH/c1-5-12-23(18-10-11-21-13-18)20(25)17-8-6-16(7-9-17)14-22(4)19(24)15(2)3;/h6-9,15,18,21H,5,10-14H2,1-4H3;1H. The largest absolute Gasteiger partial charge is 0.341 e. The normalized spacial score (nSPS) is 16.3. The molecule has 2 amide bonds. The van der Waals surface area contributed by atoms with Crippen LogP contribution in [0.4, 0.5) is 0 Å². The van der Waals surface area contributed by atoms with Gasteiger partial charge in [-0.2, -0.15) is 0 Å². The molecule has 1 saturated heterocycles. The predicted molar refractivity (Wildman–Crippen MR) is 108 cm³/mol. The van der Waals surface area contributed by atoms with E-state index in [2.05, 4.69) is 12.2 Å².